The molecule has 2 aromatic rings. The van der Waals surface area contributed by atoms with Gasteiger partial charge in [0, 0.05) is 25.0 Å². The van der Waals surface area contributed by atoms with Gasteiger partial charge in [0.25, 0.3) is 0 Å². The number of benzene rings is 1. The van der Waals surface area contributed by atoms with E-state index < -0.39 is 6.09 Å². The summed E-state index contributed by atoms with van der Waals surface area (Å²) < 4.78 is 5.26. The molecule has 0 spiro atoms. The van der Waals surface area contributed by atoms with E-state index in [4.69, 9.17) is 4.74 Å². The van der Waals surface area contributed by atoms with Crippen LogP contribution in [0.1, 0.15) is 6.92 Å². The van der Waals surface area contributed by atoms with E-state index in [1.165, 1.54) is 6.92 Å². The topological polar surface area (TPSA) is 71.5 Å². The van der Waals surface area contributed by atoms with Crippen LogP contribution >= 0.6 is 0 Å². The predicted octanol–water partition coefficient (Wildman–Crippen LogP) is 2.21. The molecular weight excluding hydrogens is 294 g/mol. The van der Waals surface area contributed by atoms with Gasteiger partial charge in [-0.2, -0.15) is 0 Å². The first kappa shape index (κ1) is 15.0. The number of pyridine rings is 1. The quantitative estimate of drug-likeness (QED) is 0.939. The lowest BCUT2D eigenvalue weighted by Gasteiger charge is -2.13. The molecule has 23 heavy (non-hydrogen) atoms. The van der Waals surface area contributed by atoms with Crippen LogP contribution in [0, 0.1) is 0 Å². The molecule has 6 heteroatoms. The summed E-state index contributed by atoms with van der Waals surface area (Å²) in [4.78, 5) is 28.5. The molecule has 1 aliphatic rings. The first-order valence-corrected chi connectivity index (χ1v) is 7.36. The van der Waals surface area contributed by atoms with Crippen LogP contribution in [0.3, 0.4) is 0 Å². The monoisotopic (exact) mass is 311 g/mol. The van der Waals surface area contributed by atoms with Crippen LogP contribution in [0.5, 0.6) is 0 Å². The Hall–Kier alpha value is -2.89. The number of amides is 2. The third-order valence-electron chi connectivity index (χ3n) is 3.65. The summed E-state index contributed by atoms with van der Waals surface area (Å²) in [6, 6.07) is 11.6. The van der Waals surface area contributed by atoms with Crippen LogP contribution in [0.25, 0.3) is 11.1 Å². The van der Waals surface area contributed by atoms with Crippen LogP contribution in [0.15, 0.2) is 48.8 Å². The number of nitrogens with zero attached hydrogens (tertiary/aromatic N) is 2. The van der Waals surface area contributed by atoms with Crippen molar-refractivity contribution in [3.05, 3.63) is 48.8 Å². The van der Waals surface area contributed by atoms with Crippen molar-refractivity contribution in [1.82, 2.24) is 10.3 Å². The molecule has 118 valence electrons. The maximum Gasteiger partial charge on any atom is 0.414 e. The van der Waals surface area contributed by atoms with Crippen LogP contribution in [-0.4, -0.2) is 36.2 Å². The standard InChI is InChI=1S/C17H17N3O3/c1-12(21)19-10-16-11-20(17(22)23-16)15-4-2-13(3-5-15)14-6-8-18-9-7-14/h2-9,16H,10-11H2,1H3,(H,19,21)/t16-/m0/s1. The number of ether oxygens (including phenoxy) is 1. The summed E-state index contributed by atoms with van der Waals surface area (Å²) in [5.74, 6) is -0.138. The second-order valence-corrected chi connectivity index (χ2v) is 5.34. The highest BCUT2D eigenvalue weighted by atomic mass is 16.6. The second-order valence-electron chi connectivity index (χ2n) is 5.34. The summed E-state index contributed by atoms with van der Waals surface area (Å²) in [5.41, 5.74) is 2.90. The summed E-state index contributed by atoms with van der Waals surface area (Å²) in [5, 5.41) is 2.66. The Morgan fingerprint density at radius 3 is 2.52 bits per heavy atom. The number of carbonyl (C=O) groups excluding carboxylic acids is 2. The molecule has 0 unspecified atom stereocenters. The Morgan fingerprint density at radius 2 is 1.87 bits per heavy atom. The summed E-state index contributed by atoms with van der Waals surface area (Å²) >= 11 is 0. The molecule has 1 atom stereocenters. The number of hydrogen-bond acceptors (Lipinski definition) is 4. The summed E-state index contributed by atoms with van der Waals surface area (Å²) in [7, 11) is 0. The van der Waals surface area contributed by atoms with Crippen LogP contribution < -0.4 is 10.2 Å². The van der Waals surface area contributed by atoms with E-state index in [1.807, 2.05) is 36.4 Å². The first-order valence-electron chi connectivity index (χ1n) is 7.36. The molecule has 2 heterocycles. The van der Waals surface area contributed by atoms with Crippen LogP contribution in [0.4, 0.5) is 10.5 Å². The van der Waals surface area contributed by atoms with Gasteiger partial charge in [-0.15, -0.1) is 0 Å². The highest BCUT2D eigenvalue weighted by Gasteiger charge is 2.32. The van der Waals surface area contributed by atoms with Gasteiger partial charge >= 0.3 is 6.09 Å². The van der Waals surface area contributed by atoms with Gasteiger partial charge in [0.1, 0.15) is 6.10 Å². The van der Waals surface area contributed by atoms with Gasteiger partial charge in [-0.05, 0) is 35.4 Å². The largest absolute Gasteiger partial charge is 0.442 e. The van der Waals surface area contributed by atoms with Crippen LogP contribution in [-0.2, 0) is 9.53 Å². The molecular formula is C17H17N3O3. The van der Waals surface area contributed by atoms with Crippen molar-refractivity contribution in [1.29, 1.82) is 0 Å². The molecule has 1 aromatic carbocycles. The SMILES string of the molecule is CC(=O)NC[C@H]1CN(c2ccc(-c3ccncc3)cc2)C(=O)O1. The number of aromatic nitrogens is 1. The number of rotatable bonds is 4. The van der Waals surface area contributed by atoms with Crippen molar-refractivity contribution in [2.75, 3.05) is 18.0 Å². The fraction of sp³-hybridized carbons (Fsp3) is 0.235. The number of anilines is 1. The number of carbonyl (C=O) groups is 2. The Kier molecular flexibility index (Phi) is 4.23. The van der Waals surface area contributed by atoms with Gasteiger partial charge in [-0.1, -0.05) is 12.1 Å². The van der Waals surface area contributed by atoms with Crippen molar-refractivity contribution in [3.8, 4) is 11.1 Å². The van der Waals surface area contributed by atoms with E-state index in [9.17, 15) is 9.59 Å². The highest BCUT2D eigenvalue weighted by Crippen LogP contribution is 2.25. The van der Waals surface area contributed by atoms with Gasteiger partial charge in [0.05, 0.1) is 13.1 Å². The zero-order valence-corrected chi connectivity index (χ0v) is 12.7. The minimum atomic E-state index is -0.392. The van der Waals surface area contributed by atoms with Crippen molar-refractivity contribution in [3.63, 3.8) is 0 Å². The zero-order chi connectivity index (χ0) is 16.2. The maximum atomic E-state index is 12.0. The van der Waals surface area contributed by atoms with E-state index in [2.05, 4.69) is 10.3 Å². The van der Waals surface area contributed by atoms with E-state index in [0.717, 1.165) is 16.8 Å². The molecule has 2 amide bonds. The molecule has 0 radical (unpaired) electrons. The lowest BCUT2D eigenvalue weighted by atomic mass is 10.1. The maximum absolute atomic E-state index is 12.0. The molecule has 0 bridgehead atoms. The van der Waals surface area contributed by atoms with E-state index in [-0.39, 0.29) is 12.0 Å². The molecule has 1 N–H and O–H groups in total. The molecule has 1 saturated heterocycles. The molecule has 6 nitrogen and oxygen atoms in total. The first-order chi connectivity index (χ1) is 11.1. The number of nitrogens with one attached hydrogen (secondary N) is 1. The molecule has 3 rings (SSSR count). The molecule has 1 fully saturated rings. The molecule has 1 aliphatic heterocycles. The average Bonchev–Trinajstić information content (AvgIpc) is 2.95. The molecule has 1 aromatic heterocycles. The Labute approximate surface area is 134 Å². The Balaban J connectivity index is 1.70. The van der Waals surface area contributed by atoms with Crippen molar-refractivity contribution in [2.24, 2.45) is 0 Å². The van der Waals surface area contributed by atoms with Crippen molar-refractivity contribution in [2.45, 2.75) is 13.0 Å². The second kappa shape index (κ2) is 6.48. The number of hydrogen-bond donors (Lipinski definition) is 1. The minimum Gasteiger partial charge on any atom is -0.442 e. The van der Waals surface area contributed by atoms with Gasteiger partial charge < -0.3 is 10.1 Å². The Morgan fingerprint density at radius 1 is 1.22 bits per heavy atom. The lowest BCUT2D eigenvalue weighted by Crippen LogP contribution is -2.33. The number of cyclic esters (lactones) is 1. The third-order valence-corrected chi connectivity index (χ3v) is 3.65. The van der Waals surface area contributed by atoms with Crippen LogP contribution in [0.2, 0.25) is 0 Å². The normalized spacial score (nSPS) is 17.0. The highest BCUT2D eigenvalue weighted by molar-refractivity contribution is 5.90. The zero-order valence-electron chi connectivity index (χ0n) is 12.7. The summed E-state index contributed by atoms with van der Waals surface area (Å²) in [6.07, 6.45) is 2.77. The van der Waals surface area contributed by atoms with E-state index in [1.54, 1.807) is 17.3 Å². The third kappa shape index (κ3) is 3.48. The predicted molar refractivity (Wildman–Crippen MR) is 86.0 cm³/mol. The van der Waals surface area contributed by atoms with Crippen molar-refractivity contribution < 1.29 is 14.3 Å². The lowest BCUT2D eigenvalue weighted by molar-refractivity contribution is -0.119. The van der Waals surface area contributed by atoms with Gasteiger partial charge in [0.15, 0.2) is 0 Å². The van der Waals surface area contributed by atoms with E-state index in [0.29, 0.717) is 13.1 Å². The summed E-state index contributed by atoms with van der Waals surface area (Å²) in [6.45, 7) is 2.19. The van der Waals surface area contributed by atoms with Gasteiger partial charge in [-0.3, -0.25) is 14.7 Å². The molecule has 0 saturated carbocycles. The smallest absolute Gasteiger partial charge is 0.414 e. The minimum absolute atomic E-state index is 0.138. The van der Waals surface area contributed by atoms with Crippen molar-refractivity contribution >= 4 is 17.7 Å². The van der Waals surface area contributed by atoms with E-state index >= 15 is 0 Å². The fourth-order valence-electron chi connectivity index (χ4n) is 2.47. The van der Waals surface area contributed by atoms with Gasteiger partial charge in [0.2, 0.25) is 5.91 Å². The molecule has 0 aliphatic carbocycles. The average molecular weight is 311 g/mol. The Bertz CT molecular complexity index is 701. The fourth-order valence-corrected chi connectivity index (χ4v) is 2.47. The van der Waals surface area contributed by atoms with Gasteiger partial charge in [-0.25, -0.2) is 4.79 Å².